The van der Waals surface area contributed by atoms with Crippen LogP contribution in [0.15, 0.2) is 129 Å². The predicted molar refractivity (Wildman–Crippen MR) is 277 cm³/mol. The van der Waals surface area contributed by atoms with Crippen LogP contribution in [0.3, 0.4) is 0 Å². The second-order valence-corrected chi connectivity index (χ2v) is 21.5. The molecule has 0 aromatic heterocycles. The lowest BCUT2D eigenvalue weighted by atomic mass is 9.57. The molecule has 0 saturated carbocycles. The van der Waals surface area contributed by atoms with E-state index in [0.717, 1.165) is 19.3 Å². The van der Waals surface area contributed by atoms with Crippen LogP contribution in [0.4, 0.5) is 5.69 Å². The largest absolute Gasteiger partial charge is 0.334 e. The first-order chi connectivity index (χ1) is 30.4. The molecule has 0 amide bonds. The average Bonchev–Trinajstić information content (AvgIpc) is 3.27. The molecule has 0 spiro atoms. The van der Waals surface area contributed by atoms with E-state index in [1.807, 2.05) is 0 Å². The molecule has 1 nitrogen and oxygen atoms in total. The Morgan fingerprint density at radius 3 is 1.59 bits per heavy atom. The minimum atomic E-state index is 0.195. The summed E-state index contributed by atoms with van der Waals surface area (Å²) in [4.78, 5) is 2.80. The van der Waals surface area contributed by atoms with Gasteiger partial charge in [0.2, 0.25) is 0 Å². The van der Waals surface area contributed by atoms with Gasteiger partial charge in [-0.05, 0) is 237 Å². The average molecular weight is 850 g/mol. The molecule has 336 valence electrons. The van der Waals surface area contributed by atoms with Crippen LogP contribution >= 0.6 is 0 Å². The van der Waals surface area contributed by atoms with Crippen LogP contribution in [-0.2, 0) is 0 Å². The molecular weight excluding hydrogens is 771 g/mol. The van der Waals surface area contributed by atoms with E-state index >= 15 is 0 Å². The first-order valence-corrected chi connectivity index (χ1v) is 25.1. The van der Waals surface area contributed by atoms with Crippen molar-refractivity contribution in [3.63, 3.8) is 0 Å². The predicted octanol–water partition coefficient (Wildman–Crippen LogP) is 17.0. The quantitative estimate of drug-likeness (QED) is 0.174. The van der Waals surface area contributed by atoms with Crippen molar-refractivity contribution in [2.75, 3.05) is 4.90 Å². The van der Waals surface area contributed by atoms with E-state index < -0.39 is 0 Å². The Morgan fingerprint density at radius 1 is 0.578 bits per heavy atom. The van der Waals surface area contributed by atoms with Crippen LogP contribution in [0.5, 0.6) is 0 Å². The van der Waals surface area contributed by atoms with E-state index in [1.165, 1.54) is 100 Å². The highest BCUT2D eigenvalue weighted by atomic mass is 15.2. The first-order valence-electron chi connectivity index (χ1n) is 25.1. The van der Waals surface area contributed by atoms with Gasteiger partial charge in [-0.3, -0.25) is 0 Å². The van der Waals surface area contributed by atoms with Gasteiger partial charge in [0.1, 0.15) is 0 Å². The van der Waals surface area contributed by atoms with Crippen LogP contribution in [0.25, 0.3) is 0 Å². The Kier molecular flexibility index (Phi) is 12.7. The fourth-order valence-corrected chi connectivity index (χ4v) is 12.2. The number of aryl methyl sites for hydroxylation is 6. The number of rotatable bonds is 11. The zero-order valence-electron chi connectivity index (χ0n) is 42.8. The fraction of sp³-hybridized carbons (Fsp3) is 0.460. The molecule has 0 N–H and O–H groups in total. The maximum atomic E-state index is 2.80. The van der Waals surface area contributed by atoms with Crippen LogP contribution < -0.4 is 4.90 Å². The Bertz CT molecular complexity index is 2580. The number of allylic oxidation sites excluding steroid dienone is 14. The smallest absolute Gasteiger partial charge is 0.0527 e. The minimum Gasteiger partial charge on any atom is -0.334 e. The van der Waals surface area contributed by atoms with Gasteiger partial charge in [0, 0.05) is 29.1 Å². The maximum Gasteiger partial charge on any atom is 0.0527 e. The number of anilines is 1. The van der Waals surface area contributed by atoms with Gasteiger partial charge in [0.25, 0.3) is 0 Å². The summed E-state index contributed by atoms with van der Waals surface area (Å²) in [5, 5.41) is 0. The summed E-state index contributed by atoms with van der Waals surface area (Å²) in [6.45, 7) is 40.3. The second kappa shape index (κ2) is 17.6. The van der Waals surface area contributed by atoms with E-state index in [4.69, 9.17) is 0 Å². The molecule has 0 radical (unpaired) electrons. The van der Waals surface area contributed by atoms with Gasteiger partial charge in [-0.15, -0.1) is 0 Å². The van der Waals surface area contributed by atoms with Crippen LogP contribution in [0.2, 0.25) is 0 Å². The van der Waals surface area contributed by atoms with Crippen molar-refractivity contribution in [3.05, 3.63) is 190 Å². The molecule has 5 aliphatic rings. The van der Waals surface area contributed by atoms with E-state index in [2.05, 4.69) is 202 Å². The lowest BCUT2D eigenvalue weighted by Gasteiger charge is -2.49. The second-order valence-electron chi connectivity index (χ2n) is 21.5. The van der Waals surface area contributed by atoms with Gasteiger partial charge in [0.15, 0.2) is 0 Å². The third-order valence-electron chi connectivity index (χ3n) is 17.8. The normalized spacial score (nSPS) is 24.6. The van der Waals surface area contributed by atoms with Crippen LogP contribution in [0.1, 0.15) is 148 Å². The number of hydrogen-bond acceptors (Lipinski definition) is 1. The van der Waals surface area contributed by atoms with E-state index in [0.29, 0.717) is 23.7 Å². The number of nitrogens with zero attached hydrogens (tertiary/aromatic N) is 1. The van der Waals surface area contributed by atoms with Gasteiger partial charge in [-0.2, -0.15) is 0 Å². The van der Waals surface area contributed by atoms with Crippen molar-refractivity contribution in [1.29, 1.82) is 0 Å². The van der Waals surface area contributed by atoms with Gasteiger partial charge in [0.05, 0.1) is 6.04 Å². The molecule has 1 heteroatoms. The highest BCUT2D eigenvalue weighted by molar-refractivity contribution is 5.73. The van der Waals surface area contributed by atoms with Gasteiger partial charge >= 0.3 is 0 Å². The van der Waals surface area contributed by atoms with E-state index in [9.17, 15) is 0 Å². The minimum absolute atomic E-state index is 0.195. The highest BCUT2D eigenvalue weighted by Crippen LogP contribution is 2.59. The summed E-state index contributed by atoms with van der Waals surface area (Å²) in [7, 11) is 0. The zero-order valence-corrected chi connectivity index (χ0v) is 42.8. The molecular formula is C63H79N. The first kappa shape index (κ1) is 45.9. The van der Waals surface area contributed by atoms with Gasteiger partial charge in [-0.1, -0.05) is 115 Å². The van der Waals surface area contributed by atoms with Gasteiger partial charge < -0.3 is 4.90 Å². The van der Waals surface area contributed by atoms with Crippen molar-refractivity contribution >= 4 is 5.69 Å². The standard InChI is InChI=1S/C63H79N/c1-18-34(3)57-32-59(61(50-26-38(7)45(14)39(8)27-50)48(17)49-24-36(5)44(13)37(6)25-49)55-21-20-54-58(35(4)19-2)33-60(56-23-22-53(57)62(55)63(54)56)64(51-28-40(9)46(15)41(10)29-51)52-30-42(11)47(16)43(12)31-52/h20-30,32-35,43,47-48,52,61-63H,18-19,31H2,1-17H3/t34?,35?,43?,47?,48-,52?,61?,62?,63?/m0/s1. The molecule has 5 aliphatic carbocycles. The maximum absolute atomic E-state index is 2.80. The molecule has 64 heavy (non-hydrogen) atoms. The third kappa shape index (κ3) is 7.75. The molecule has 0 heterocycles. The lowest BCUT2D eigenvalue weighted by molar-refractivity contribution is 0.366. The molecule has 0 saturated heterocycles. The Morgan fingerprint density at radius 2 is 1.06 bits per heavy atom. The summed E-state index contributed by atoms with van der Waals surface area (Å²) in [5.41, 5.74) is 30.4. The molecule has 0 aliphatic heterocycles. The zero-order chi connectivity index (χ0) is 46.2. The fourth-order valence-electron chi connectivity index (χ4n) is 12.2. The van der Waals surface area contributed by atoms with Crippen LogP contribution in [-0.4, -0.2) is 6.04 Å². The van der Waals surface area contributed by atoms with Crippen molar-refractivity contribution in [1.82, 2.24) is 0 Å². The van der Waals surface area contributed by atoms with Crippen molar-refractivity contribution in [2.24, 2.45) is 35.5 Å². The highest BCUT2D eigenvalue weighted by Gasteiger charge is 2.47. The molecule has 8 rings (SSSR count). The summed E-state index contributed by atoms with van der Waals surface area (Å²) in [6, 6.07) is 15.3. The van der Waals surface area contributed by atoms with Crippen molar-refractivity contribution in [2.45, 2.75) is 155 Å². The summed E-state index contributed by atoms with van der Waals surface area (Å²) in [5.74, 6) is 3.04. The Hall–Kier alpha value is -4.62. The Labute approximate surface area is 389 Å². The van der Waals surface area contributed by atoms with E-state index in [-0.39, 0.29) is 29.7 Å². The van der Waals surface area contributed by atoms with Gasteiger partial charge in [-0.25, -0.2) is 0 Å². The number of hydrogen-bond donors (Lipinski definition) is 0. The van der Waals surface area contributed by atoms with Crippen molar-refractivity contribution < 1.29 is 0 Å². The Balaban J connectivity index is 1.41. The molecule has 0 fully saturated rings. The molecule has 9 atom stereocenters. The SMILES string of the molecule is CCC(C)C1=CC(C(c2cc(C)c(C)c(C)c2)[C@@H](C)c2cc(C)c(C)c(C)c2)=C2C=CC3=C(C(C)CC)C=C(N(c4cc(C)c(C)c(C)c4)C4C=C(C)C(C)C(C)C4)C4=CC=C1C2C43. The molecule has 8 unspecified atom stereocenters. The van der Waals surface area contributed by atoms with Crippen molar-refractivity contribution in [3.8, 4) is 0 Å². The molecule has 3 aromatic carbocycles. The monoisotopic (exact) mass is 850 g/mol. The summed E-state index contributed by atoms with van der Waals surface area (Å²) >= 11 is 0. The third-order valence-corrected chi connectivity index (χ3v) is 17.8. The lowest BCUT2D eigenvalue weighted by Crippen LogP contribution is -2.43. The van der Waals surface area contributed by atoms with E-state index in [1.54, 1.807) is 16.7 Å². The number of benzene rings is 3. The topological polar surface area (TPSA) is 3.24 Å². The summed E-state index contributed by atoms with van der Waals surface area (Å²) < 4.78 is 0. The molecule has 0 bridgehead atoms. The molecule has 3 aromatic rings. The van der Waals surface area contributed by atoms with Crippen LogP contribution in [0, 0.1) is 97.8 Å². The summed E-state index contributed by atoms with van der Waals surface area (Å²) in [6.07, 6.45) is 21.7.